The van der Waals surface area contributed by atoms with Crippen LogP contribution in [-0.4, -0.2) is 26.1 Å². The van der Waals surface area contributed by atoms with Gasteiger partial charge in [0, 0.05) is 17.7 Å². The van der Waals surface area contributed by atoms with Gasteiger partial charge in [0.1, 0.15) is 0 Å². The highest BCUT2D eigenvalue weighted by Crippen LogP contribution is 2.36. The van der Waals surface area contributed by atoms with Gasteiger partial charge >= 0.3 is 0 Å². The standard InChI is InChI=1S/C27H26N2O5S/c1-2-27(17-16-24(30)29-26(27)32)21-12-14-22(15-13-21)28-25(31)20-10-8-19(9-11-20)18-35(33,34)23-6-4-3-5-7-23/h3-15H,2,16-18H2,1H3,(H,28,31)(H,29,30,32). The molecule has 1 aliphatic rings. The summed E-state index contributed by atoms with van der Waals surface area (Å²) in [7, 11) is -3.47. The van der Waals surface area contributed by atoms with Gasteiger partial charge in [-0.3, -0.25) is 19.7 Å². The minimum absolute atomic E-state index is 0.154. The molecule has 0 aromatic heterocycles. The molecule has 35 heavy (non-hydrogen) atoms. The largest absolute Gasteiger partial charge is 0.322 e. The quantitative estimate of drug-likeness (QED) is 0.487. The maximum Gasteiger partial charge on any atom is 0.255 e. The molecule has 0 spiro atoms. The molecule has 2 N–H and O–H groups in total. The smallest absolute Gasteiger partial charge is 0.255 e. The number of sulfone groups is 1. The van der Waals surface area contributed by atoms with Crippen molar-refractivity contribution in [1.29, 1.82) is 0 Å². The number of nitrogens with one attached hydrogen (secondary N) is 2. The maximum atomic E-state index is 12.7. The topological polar surface area (TPSA) is 109 Å². The first kappa shape index (κ1) is 24.3. The number of piperidine rings is 1. The monoisotopic (exact) mass is 490 g/mol. The molecule has 1 aliphatic heterocycles. The van der Waals surface area contributed by atoms with Crippen molar-refractivity contribution in [1.82, 2.24) is 5.32 Å². The number of benzene rings is 3. The van der Waals surface area contributed by atoms with Crippen molar-refractivity contribution in [2.75, 3.05) is 5.32 Å². The molecule has 3 aromatic rings. The van der Waals surface area contributed by atoms with Crippen LogP contribution in [0.4, 0.5) is 5.69 Å². The number of hydrogen-bond acceptors (Lipinski definition) is 5. The fourth-order valence-electron chi connectivity index (χ4n) is 4.32. The van der Waals surface area contributed by atoms with Crippen LogP contribution < -0.4 is 10.6 Å². The molecule has 7 nitrogen and oxygen atoms in total. The van der Waals surface area contributed by atoms with Crippen molar-refractivity contribution >= 4 is 33.2 Å². The van der Waals surface area contributed by atoms with Crippen LogP contribution >= 0.6 is 0 Å². The first-order valence-corrected chi connectivity index (χ1v) is 13.0. The van der Waals surface area contributed by atoms with Crippen LogP contribution in [0.1, 0.15) is 47.7 Å². The van der Waals surface area contributed by atoms with Crippen LogP contribution in [0.15, 0.2) is 83.8 Å². The van der Waals surface area contributed by atoms with E-state index in [-0.39, 0.29) is 28.4 Å². The lowest BCUT2D eigenvalue weighted by atomic mass is 9.72. The van der Waals surface area contributed by atoms with E-state index in [0.29, 0.717) is 36.1 Å². The van der Waals surface area contributed by atoms with Crippen molar-refractivity contribution in [3.63, 3.8) is 0 Å². The third kappa shape index (κ3) is 5.17. The summed E-state index contributed by atoms with van der Waals surface area (Å²) >= 11 is 0. The molecule has 0 bridgehead atoms. The molecule has 0 saturated carbocycles. The molecule has 1 fully saturated rings. The van der Waals surface area contributed by atoms with Gasteiger partial charge in [-0.25, -0.2) is 8.42 Å². The highest BCUT2D eigenvalue weighted by molar-refractivity contribution is 7.90. The number of anilines is 1. The number of hydrogen-bond donors (Lipinski definition) is 2. The van der Waals surface area contributed by atoms with Crippen molar-refractivity contribution in [2.45, 2.75) is 42.2 Å². The Morgan fingerprint density at radius 3 is 2.20 bits per heavy atom. The Morgan fingerprint density at radius 2 is 1.60 bits per heavy atom. The average molecular weight is 491 g/mol. The molecule has 0 aliphatic carbocycles. The first-order chi connectivity index (χ1) is 16.7. The van der Waals surface area contributed by atoms with Gasteiger partial charge < -0.3 is 5.32 Å². The van der Waals surface area contributed by atoms with Gasteiger partial charge in [-0.2, -0.15) is 0 Å². The predicted molar refractivity (Wildman–Crippen MR) is 133 cm³/mol. The number of amides is 3. The zero-order valence-corrected chi connectivity index (χ0v) is 20.1. The SMILES string of the molecule is CCC1(c2ccc(NC(=O)c3ccc(CS(=O)(=O)c4ccccc4)cc3)cc2)CCC(=O)NC1=O. The zero-order chi connectivity index (χ0) is 25.1. The molecule has 4 rings (SSSR count). The van der Waals surface area contributed by atoms with E-state index in [1.54, 1.807) is 78.9 Å². The van der Waals surface area contributed by atoms with E-state index in [1.165, 1.54) is 0 Å². The van der Waals surface area contributed by atoms with Crippen LogP contribution in [-0.2, 0) is 30.6 Å². The summed E-state index contributed by atoms with van der Waals surface area (Å²) in [5, 5.41) is 5.25. The summed E-state index contributed by atoms with van der Waals surface area (Å²) in [4.78, 5) is 37.1. The van der Waals surface area contributed by atoms with Crippen molar-refractivity contribution < 1.29 is 22.8 Å². The molecule has 1 saturated heterocycles. The second kappa shape index (κ2) is 9.84. The van der Waals surface area contributed by atoms with E-state index in [0.717, 1.165) is 5.56 Å². The summed E-state index contributed by atoms with van der Waals surface area (Å²) in [6.07, 6.45) is 1.30. The summed E-state index contributed by atoms with van der Waals surface area (Å²) in [6.45, 7) is 1.92. The second-order valence-electron chi connectivity index (χ2n) is 8.61. The molecule has 8 heteroatoms. The van der Waals surface area contributed by atoms with E-state index < -0.39 is 15.3 Å². The highest BCUT2D eigenvalue weighted by Gasteiger charge is 2.42. The predicted octanol–water partition coefficient (Wildman–Crippen LogP) is 4.00. The fourth-order valence-corrected chi connectivity index (χ4v) is 5.69. The van der Waals surface area contributed by atoms with Crippen LogP contribution in [0.3, 0.4) is 0 Å². The minimum Gasteiger partial charge on any atom is -0.322 e. The average Bonchev–Trinajstić information content (AvgIpc) is 2.86. The van der Waals surface area contributed by atoms with E-state index >= 15 is 0 Å². The molecule has 1 atom stereocenters. The highest BCUT2D eigenvalue weighted by atomic mass is 32.2. The Balaban J connectivity index is 1.43. The van der Waals surface area contributed by atoms with E-state index in [2.05, 4.69) is 10.6 Å². The Bertz CT molecular complexity index is 1350. The lowest BCUT2D eigenvalue weighted by Gasteiger charge is -2.35. The molecule has 3 aromatic carbocycles. The number of rotatable bonds is 7. The lowest BCUT2D eigenvalue weighted by molar-refractivity contribution is -0.138. The van der Waals surface area contributed by atoms with Gasteiger partial charge in [-0.1, -0.05) is 49.4 Å². The second-order valence-corrected chi connectivity index (χ2v) is 10.6. The Labute approximate surface area is 204 Å². The fraction of sp³-hybridized carbons (Fsp3) is 0.222. The normalized spacial score (nSPS) is 18.1. The zero-order valence-electron chi connectivity index (χ0n) is 19.3. The molecule has 3 amide bonds. The third-order valence-corrected chi connectivity index (χ3v) is 8.14. The van der Waals surface area contributed by atoms with Gasteiger partial charge in [0.15, 0.2) is 9.84 Å². The summed E-state index contributed by atoms with van der Waals surface area (Å²) in [5.41, 5.74) is 1.58. The van der Waals surface area contributed by atoms with Crippen molar-refractivity contribution in [3.8, 4) is 0 Å². The van der Waals surface area contributed by atoms with E-state index in [4.69, 9.17) is 0 Å². The van der Waals surface area contributed by atoms with Gasteiger partial charge in [-0.15, -0.1) is 0 Å². The van der Waals surface area contributed by atoms with E-state index in [1.807, 2.05) is 6.92 Å². The lowest BCUT2D eigenvalue weighted by Crippen LogP contribution is -2.51. The molecular weight excluding hydrogens is 464 g/mol. The van der Waals surface area contributed by atoms with E-state index in [9.17, 15) is 22.8 Å². The Morgan fingerprint density at radius 1 is 0.943 bits per heavy atom. The first-order valence-electron chi connectivity index (χ1n) is 11.4. The van der Waals surface area contributed by atoms with Crippen molar-refractivity contribution in [2.24, 2.45) is 0 Å². The minimum atomic E-state index is -3.47. The van der Waals surface area contributed by atoms with Gasteiger partial charge in [0.2, 0.25) is 11.8 Å². The summed E-state index contributed by atoms with van der Waals surface area (Å²) in [5.74, 6) is -1.03. The number of carbonyl (C=O) groups is 3. The van der Waals surface area contributed by atoms with Crippen LogP contribution in [0.2, 0.25) is 0 Å². The Hall–Kier alpha value is -3.78. The molecular formula is C27H26N2O5S. The summed E-state index contributed by atoms with van der Waals surface area (Å²) in [6, 6.07) is 21.7. The maximum absolute atomic E-state index is 12.7. The molecule has 1 heterocycles. The van der Waals surface area contributed by atoms with Gasteiger partial charge in [0.05, 0.1) is 16.1 Å². The van der Waals surface area contributed by atoms with Crippen LogP contribution in [0.25, 0.3) is 0 Å². The Kier molecular flexibility index (Phi) is 6.84. The van der Waals surface area contributed by atoms with Crippen LogP contribution in [0.5, 0.6) is 0 Å². The molecule has 1 unspecified atom stereocenters. The number of carbonyl (C=O) groups excluding carboxylic acids is 3. The molecule has 180 valence electrons. The van der Waals surface area contributed by atoms with Gasteiger partial charge in [-0.05, 0) is 60.4 Å². The molecule has 0 radical (unpaired) electrons. The summed E-state index contributed by atoms with van der Waals surface area (Å²) < 4.78 is 25.1. The number of imide groups is 1. The third-order valence-electron chi connectivity index (χ3n) is 6.44. The van der Waals surface area contributed by atoms with Gasteiger partial charge in [0.25, 0.3) is 5.91 Å². The van der Waals surface area contributed by atoms with Crippen molar-refractivity contribution in [3.05, 3.63) is 95.6 Å². The van der Waals surface area contributed by atoms with Crippen LogP contribution in [0, 0.1) is 0 Å².